The summed E-state index contributed by atoms with van der Waals surface area (Å²) in [6.07, 6.45) is -5.96. The van der Waals surface area contributed by atoms with E-state index < -0.39 is 42.5 Å². The zero-order valence-corrected chi connectivity index (χ0v) is 17.7. The second kappa shape index (κ2) is 8.26. The fourth-order valence-corrected chi connectivity index (χ4v) is 3.70. The Hall–Kier alpha value is -3.70. The Morgan fingerprint density at radius 2 is 1.82 bits per heavy atom. The van der Waals surface area contributed by atoms with Crippen molar-refractivity contribution in [3.8, 4) is 11.3 Å². The third kappa shape index (κ3) is 4.52. The van der Waals surface area contributed by atoms with Crippen molar-refractivity contribution in [3.05, 3.63) is 47.7 Å². The first kappa shape index (κ1) is 23.5. The summed E-state index contributed by atoms with van der Waals surface area (Å²) in [4.78, 5) is 29.8. The van der Waals surface area contributed by atoms with Crippen LogP contribution in [0.2, 0.25) is 0 Å². The summed E-state index contributed by atoms with van der Waals surface area (Å²) in [5.41, 5.74) is -1.40. The molecule has 4 rings (SSSR count). The van der Waals surface area contributed by atoms with E-state index in [-0.39, 0.29) is 46.8 Å². The van der Waals surface area contributed by atoms with Gasteiger partial charge in [-0.1, -0.05) is 0 Å². The zero-order chi connectivity index (χ0) is 24.8. The highest BCUT2D eigenvalue weighted by molar-refractivity contribution is 5.98. The fourth-order valence-electron chi connectivity index (χ4n) is 3.70. The highest BCUT2D eigenvalue weighted by atomic mass is 19.4. The molecule has 0 atom stereocenters. The lowest BCUT2D eigenvalue weighted by Crippen LogP contribution is -2.42. The van der Waals surface area contributed by atoms with Gasteiger partial charge in [-0.3, -0.25) is 14.7 Å². The maximum Gasteiger partial charge on any atom is 0.417 e. The van der Waals surface area contributed by atoms with Crippen molar-refractivity contribution in [3.63, 3.8) is 0 Å². The minimum absolute atomic E-state index is 0.0350. The summed E-state index contributed by atoms with van der Waals surface area (Å²) in [7, 11) is 1.17. The highest BCUT2D eigenvalue weighted by Crippen LogP contribution is 2.40. The third-order valence-electron chi connectivity index (χ3n) is 5.63. The Bertz CT molecular complexity index is 1260. The molecule has 12 heteroatoms. The van der Waals surface area contributed by atoms with Crippen LogP contribution in [0.5, 0.6) is 0 Å². The van der Waals surface area contributed by atoms with Crippen LogP contribution in [0.4, 0.5) is 32.6 Å². The number of anilines is 1. The maximum absolute atomic E-state index is 13.8. The van der Waals surface area contributed by atoms with E-state index in [9.17, 15) is 31.5 Å². The summed E-state index contributed by atoms with van der Waals surface area (Å²) in [5.74, 6) is -3.79. The molecule has 7 nitrogen and oxygen atoms in total. The molecular formula is C22H18F5N3O4. The number of hydrogen-bond donors (Lipinski definition) is 1. The van der Waals surface area contributed by atoms with Crippen LogP contribution in [-0.4, -0.2) is 53.1 Å². The molecule has 1 aromatic carbocycles. The molecule has 2 amide bonds. The van der Waals surface area contributed by atoms with Crippen LogP contribution in [0, 0.1) is 0 Å². The van der Waals surface area contributed by atoms with Crippen LogP contribution in [0.25, 0.3) is 22.2 Å². The van der Waals surface area contributed by atoms with Crippen LogP contribution in [0.15, 0.2) is 40.9 Å². The van der Waals surface area contributed by atoms with E-state index in [4.69, 9.17) is 9.52 Å². The van der Waals surface area contributed by atoms with Crippen LogP contribution in [-0.2, 0) is 6.18 Å². The van der Waals surface area contributed by atoms with Crippen molar-refractivity contribution in [2.24, 2.45) is 0 Å². The summed E-state index contributed by atoms with van der Waals surface area (Å²) in [6, 6.07) is 5.73. The number of likely N-dealkylation sites (tertiary alicyclic amines) is 1. The van der Waals surface area contributed by atoms with E-state index in [1.165, 1.54) is 30.1 Å². The average molecular weight is 483 g/mol. The van der Waals surface area contributed by atoms with E-state index in [1.54, 1.807) is 0 Å². The van der Waals surface area contributed by atoms with E-state index in [2.05, 4.69) is 4.98 Å². The van der Waals surface area contributed by atoms with Gasteiger partial charge in [0.05, 0.1) is 16.6 Å². The summed E-state index contributed by atoms with van der Waals surface area (Å²) >= 11 is 0. The predicted octanol–water partition coefficient (Wildman–Crippen LogP) is 5.50. The topological polar surface area (TPSA) is 86.9 Å². The number of carbonyl (C=O) groups is 2. The number of aromatic nitrogens is 1. The molecule has 2 aromatic heterocycles. The van der Waals surface area contributed by atoms with Gasteiger partial charge in [-0.25, -0.2) is 13.6 Å². The van der Waals surface area contributed by atoms with Gasteiger partial charge in [-0.2, -0.15) is 13.2 Å². The number of fused-ring (bicyclic) bond motifs is 1. The molecule has 3 aromatic rings. The molecule has 1 saturated heterocycles. The van der Waals surface area contributed by atoms with Gasteiger partial charge in [0.25, 0.3) is 11.8 Å². The van der Waals surface area contributed by atoms with E-state index in [0.29, 0.717) is 4.90 Å². The van der Waals surface area contributed by atoms with Gasteiger partial charge in [-0.05, 0) is 24.3 Å². The number of pyridine rings is 1. The smallest absolute Gasteiger partial charge is 0.417 e. The molecule has 34 heavy (non-hydrogen) atoms. The number of carbonyl (C=O) groups excluding carboxylic acids is 1. The van der Waals surface area contributed by atoms with Crippen molar-refractivity contribution in [1.82, 2.24) is 9.88 Å². The van der Waals surface area contributed by atoms with Crippen molar-refractivity contribution >= 4 is 28.8 Å². The number of piperidine rings is 1. The summed E-state index contributed by atoms with van der Waals surface area (Å²) < 4.78 is 73.5. The van der Waals surface area contributed by atoms with E-state index >= 15 is 0 Å². The van der Waals surface area contributed by atoms with Gasteiger partial charge in [0, 0.05) is 56.2 Å². The van der Waals surface area contributed by atoms with E-state index in [1.807, 2.05) is 0 Å². The number of carboxylic acid groups (broad SMARTS) is 1. The van der Waals surface area contributed by atoms with Gasteiger partial charge >= 0.3 is 12.3 Å². The van der Waals surface area contributed by atoms with Crippen molar-refractivity contribution in [1.29, 1.82) is 0 Å². The van der Waals surface area contributed by atoms with Crippen molar-refractivity contribution < 1.29 is 41.1 Å². The number of alkyl halides is 5. The summed E-state index contributed by atoms with van der Waals surface area (Å²) in [6.45, 7) is -0.289. The second-order valence-electron chi connectivity index (χ2n) is 7.94. The molecule has 0 unspecified atom stereocenters. The Kier molecular flexibility index (Phi) is 5.70. The molecular weight excluding hydrogens is 465 g/mol. The molecule has 1 aliphatic rings. The summed E-state index contributed by atoms with van der Waals surface area (Å²) in [5, 5.41) is 9.25. The first-order valence-electron chi connectivity index (χ1n) is 10.1. The standard InChI is InChI=1S/C22H18F5N3O4/c1-29(20(32)33)18-3-2-17(34-18)14-9-12-8-13(11-28-16(12)10-15(14)22(25,26)27)19(31)30-6-4-21(23,24)5-7-30/h2-3,8-11H,4-7H2,1H3,(H,32,33). The molecule has 0 bridgehead atoms. The number of amides is 2. The fraction of sp³-hybridized carbons (Fsp3) is 0.318. The molecule has 0 spiro atoms. The highest BCUT2D eigenvalue weighted by Gasteiger charge is 2.37. The first-order chi connectivity index (χ1) is 15.9. The Balaban J connectivity index is 1.75. The molecule has 0 aliphatic carbocycles. The molecule has 180 valence electrons. The number of nitrogens with zero attached hydrogens (tertiary/aromatic N) is 3. The molecule has 1 aliphatic heterocycles. The second-order valence-corrected chi connectivity index (χ2v) is 7.94. The normalized spacial score (nSPS) is 16.0. The van der Waals surface area contributed by atoms with Gasteiger partial charge in [0.1, 0.15) is 5.76 Å². The van der Waals surface area contributed by atoms with Crippen LogP contribution >= 0.6 is 0 Å². The molecule has 1 fully saturated rings. The number of halogens is 5. The molecule has 1 N–H and O–H groups in total. The van der Waals surface area contributed by atoms with Crippen LogP contribution in [0.1, 0.15) is 28.8 Å². The third-order valence-corrected chi connectivity index (χ3v) is 5.63. The Labute approximate surface area is 189 Å². The molecule has 3 heterocycles. The molecule has 0 radical (unpaired) electrons. The average Bonchev–Trinajstić information content (AvgIpc) is 3.26. The van der Waals surface area contributed by atoms with Crippen molar-refractivity contribution in [2.75, 3.05) is 25.0 Å². The lowest BCUT2D eigenvalue weighted by atomic mass is 10.00. The lowest BCUT2D eigenvalue weighted by molar-refractivity contribution is -0.137. The van der Waals surface area contributed by atoms with Crippen LogP contribution < -0.4 is 4.90 Å². The quantitative estimate of drug-likeness (QED) is 0.498. The predicted molar refractivity (Wildman–Crippen MR) is 111 cm³/mol. The zero-order valence-electron chi connectivity index (χ0n) is 17.7. The van der Waals surface area contributed by atoms with Gasteiger partial charge in [0.2, 0.25) is 5.88 Å². The number of rotatable bonds is 3. The van der Waals surface area contributed by atoms with E-state index in [0.717, 1.165) is 18.3 Å². The number of benzene rings is 1. The SMILES string of the molecule is CN(C(=O)O)c1ccc(-c2cc3cc(C(=O)N4CCC(F)(F)CC4)cnc3cc2C(F)(F)F)o1. The van der Waals surface area contributed by atoms with Gasteiger partial charge in [-0.15, -0.1) is 0 Å². The maximum atomic E-state index is 13.8. The largest absolute Gasteiger partial charge is 0.465 e. The number of hydrogen-bond acceptors (Lipinski definition) is 4. The minimum atomic E-state index is -4.77. The van der Waals surface area contributed by atoms with Crippen LogP contribution in [0.3, 0.4) is 0 Å². The Morgan fingerprint density at radius 3 is 2.44 bits per heavy atom. The van der Waals surface area contributed by atoms with Gasteiger partial charge < -0.3 is 14.4 Å². The van der Waals surface area contributed by atoms with Crippen molar-refractivity contribution in [2.45, 2.75) is 24.9 Å². The lowest BCUT2D eigenvalue weighted by Gasteiger charge is -2.31. The first-order valence-corrected chi connectivity index (χ1v) is 10.1. The van der Waals surface area contributed by atoms with Gasteiger partial charge in [0.15, 0.2) is 0 Å². The molecule has 0 saturated carbocycles. The monoisotopic (exact) mass is 483 g/mol. The Morgan fingerprint density at radius 1 is 1.15 bits per heavy atom. The minimum Gasteiger partial charge on any atom is -0.465 e. The number of furan rings is 1.